The summed E-state index contributed by atoms with van der Waals surface area (Å²) in [6.07, 6.45) is 4.32. The van der Waals surface area contributed by atoms with Gasteiger partial charge >= 0.3 is 0 Å². The molecule has 0 bridgehead atoms. The topological polar surface area (TPSA) is 47.3 Å². The van der Waals surface area contributed by atoms with Crippen LogP contribution in [0.3, 0.4) is 0 Å². The van der Waals surface area contributed by atoms with E-state index in [1.54, 1.807) is 0 Å². The van der Waals surface area contributed by atoms with Crippen molar-refractivity contribution in [3.63, 3.8) is 0 Å². The van der Waals surface area contributed by atoms with Crippen LogP contribution in [0.15, 0.2) is 54.6 Å². The van der Waals surface area contributed by atoms with Gasteiger partial charge in [0, 0.05) is 24.1 Å². The van der Waals surface area contributed by atoms with Crippen molar-refractivity contribution in [3.05, 3.63) is 65.7 Å². The van der Waals surface area contributed by atoms with Gasteiger partial charge in [-0.2, -0.15) is 0 Å². The van der Waals surface area contributed by atoms with Gasteiger partial charge in [0.2, 0.25) is 0 Å². The van der Waals surface area contributed by atoms with E-state index in [4.69, 9.17) is 10.5 Å². The summed E-state index contributed by atoms with van der Waals surface area (Å²) in [5, 5.41) is 3.42. The third-order valence-electron chi connectivity index (χ3n) is 4.57. The molecule has 3 N–H and O–H groups in total. The van der Waals surface area contributed by atoms with Crippen LogP contribution in [0.5, 0.6) is 5.75 Å². The molecule has 2 aromatic carbocycles. The Kier molecular flexibility index (Phi) is 3.16. The van der Waals surface area contributed by atoms with E-state index in [0.717, 1.165) is 42.9 Å². The fourth-order valence-corrected chi connectivity index (χ4v) is 3.37. The van der Waals surface area contributed by atoms with Crippen LogP contribution in [0.2, 0.25) is 0 Å². The minimum atomic E-state index is -0.184. The monoisotopic (exact) mass is 292 g/mol. The molecule has 0 radical (unpaired) electrons. The van der Waals surface area contributed by atoms with Gasteiger partial charge in [-0.3, -0.25) is 0 Å². The standard InChI is InChI=1S/C19H20N2O/c20-15-7-5-14(6-8-15)17-13-19(9-11-21-12-10-19)22-18-4-2-1-3-16(17)18/h1-8,13,21H,9-12,20H2. The van der Waals surface area contributed by atoms with E-state index in [2.05, 4.69) is 41.7 Å². The summed E-state index contributed by atoms with van der Waals surface area (Å²) < 4.78 is 6.39. The highest BCUT2D eigenvalue weighted by Gasteiger charge is 2.36. The van der Waals surface area contributed by atoms with Crippen molar-refractivity contribution < 1.29 is 4.74 Å². The summed E-state index contributed by atoms with van der Waals surface area (Å²) in [5.74, 6) is 0.985. The Labute approximate surface area is 130 Å². The van der Waals surface area contributed by atoms with Crippen LogP contribution < -0.4 is 15.8 Å². The van der Waals surface area contributed by atoms with E-state index in [0.29, 0.717) is 0 Å². The lowest BCUT2D eigenvalue weighted by Gasteiger charge is -2.40. The van der Waals surface area contributed by atoms with Crippen molar-refractivity contribution in [2.75, 3.05) is 18.8 Å². The Hall–Kier alpha value is -2.26. The summed E-state index contributed by atoms with van der Waals surface area (Å²) in [6, 6.07) is 16.4. The number of piperidine rings is 1. The maximum atomic E-state index is 6.39. The highest BCUT2D eigenvalue weighted by atomic mass is 16.5. The Morgan fingerprint density at radius 1 is 0.955 bits per heavy atom. The van der Waals surface area contributed by atoms with Crippen molar-refractivity contribution in [2.45, 2.75) is 18.4 Å². The smallest absolute Gasteiger partial charge is 0.130 e. The van der Waals surface area contributed by atoms with Crippen molar-refractivity contribution in [1.29, 1.82) is 0 Å². The number of hydrogen-bond acceptors (Lipinski definition) is 3. The first-order valence-electron chi connectivity index (χ1n) is 7.84. The lowest BCUT2D eigenvalue weighted by Crippen LogP contribution is -2.46. The molecule has 4 rings (SSSR count). The lowest BCUT2D eigenvalue weighted by molar-refractivity contribution is 0.0817. The van der Waals surface area contributed by atoms with Gasteiger partial charge in [-0.1, -0.05) is 30.3 Å². The number of ether oxygens (including phenoxy) is 1. The van der Waals surface area contributed by atoms with Crippen molar-refractivity contribution in [2.24, 2.45) is 0 Å². The largest absolute Gasteiger partial charge is 0.482 e. The van der Waals surface area contributed by atoms with Gasteiger partial charge in [0.05, 0.1) is 0 Å². The van der Waals surface area contributed by atoms with Gasteiger partial charge in [0.25, 0.3) is 0 Å². The van der Waals surface area contributed by atoms with Gasteiger partial charge in [0.15, 0.2) is 0 Å². The van der Waals surface area contributed by atoms with Gasteiger partial charge in [-0.15, -0.1) is 0 Å². The molecule has 0 aromatic heterocycles. The van der Waals surface area contributed by atoms with Crippen LogP contribution in [0.25, 0.3) is 5.57 Å². The van der Waals surface area contributed by atoms with Crippen molar-refractivity contribution >= 4 is 11.3 Å². The van der Waals surface area contributed by atoms with Gasteiger partial charge in [-0.25, -0.2) is 0 Å². The Bertz CT molecular complexity index is 712. The first-order chi connectivity index (χ1) is 10.8. The predicted molar refractivity (Wildman–Crippen MR) is 89.8 cm³/mol. The molecule has 1 saturated heterocycles. The highest BCUT2D eigenvalue weighted by Crippen LogP contribution is 2.42. The summed E-state index contributed by atoms with van der Waals surface area (Å²) in [4.78, 5) is 0. The molecule has 3 heteroatoms. The Morgan fingerprint density at radius 3 is 2.45 bits per heavy atom. The number of nitrogen functional groups attached to an aromatic ring is 1. The van der Waals surface area contributed by atoms with Crippen LogP contribution in [-0.2, 0) is 0 Å². The van der Waals surface area contributed by atoms with Gasteiger partial charge < -0.3 is 15.8 Å². The number of hydrogen-bond donors (Lipinski definition) is 2. The van der Waals surface area contributed by atoms with E-state index in [-0.39, 0.29) is 5.60 Å². The molecule has 112 valence electrons. The second-order valence-electron chi connectivity index (χ2n) is 6.09. The normalized spacial score (nSPS) is 19.2. The van der Waals surface area contributed by atoms with E-state index >= 15 is 0 Å². The first kappa shape index (κ1) is 13.4. The summed E-state index contributed by atoms with van der Waals surface area (Å²) in [6.45, 7) is 1.99. The van der Waals surface area contributed by atoms with Crippen molar-refractivity contribution in [3.8, 4) is 5.75 Å². The molecule has 0 aliphatic carbocycles. The third-order valence-corrected chi connectivity index (χ3v) is 4.57. The van der Waals surface area contributed by atoms with E-state index in [1.807, 2.05) is 18.2 Å². The van der Waals surface area contributed by atoms with E-state index in [1.165, 1.54) is 11.1 Å². The summed E-state index contributed by atoms with van der Waals surface area (Å²) >= 11 is 0. The molecular weight excluding hydrogens is 272 g/mol. The zero-order valence-electron chi connectivity index (χ0n) is 12.5. The number of para-hydroxylation sites is 1. The second kappa shape index (κ2) is 5.18. The van der Waals surface area contributed by atoms with Gasteiger partial charge in [-0.05, 0) is 48.5 Å². The molecule has 0 amide bonds. The molecule has 3 nitrogen and oxygen atoms in total. The van der Waals surface area contributed by atoms with Crippen molar-refractivity contribution in [1.82, 2.24) is 5.32 Å². The molecule has 0 saturated carbocycles. The maximum Gasteiger partial charge on any atom is 0.130 e. The molecule has 1 spiro atoms. The van der Waals surface area contributed by atoms with Crippen LogP contribution in [0.1, 0.15) is 24.0 Å². The maximum absolute atomic E-state index is 6.39. The molecular formula is C19H20N2O. The third kappa shape index (κ3) is 2.28. The number of rotatable bonds is 1. The molecule has 2 aromatic rings. The number of fused-ring (bicyclic) bond motifs is 1. The SMILES string of the molecule is Nc1ccc(C2=CC3(CCNCC3)Oc3ccccc32)cc1. The highest BCUT2D eigenvalue weighted by molar-refractivity contribution is 5.85. The van der Waals surface area contributed by atoms with E-state index < -0.39 is 0 Å². The van der Waals surface area contributed by atoms with Crippen LogP contribution in [0.4, 0.5) is 5.69 Å². The van der Waals surface area contributed by atoms with Crippen LogP contribution in [-0.4, -0.2) is 18.7 Å². The second-order valence-corrected chi connectivity index (χ2v) is 6.09. The molecule has 2 aliphatic heterocycles. The minimum Gasteiger partial charge on any atom is -0.482 e. The zero-order chi connectivity index (χ0) is 15.0. The fraction of sp³-hybridized carbons (Fsp3) is 0.263. The number of anilines is 1. The molecule has 2 aliphatic rings. The van der Waals surface area contributed by atoms with Crippen LogP contribution in [0, 0.1) is 0 Å². The van der Waals surface area contributed by atoms with Crippen LogP contribution >= 0.6 is 0 Å². The average Bonchev–Trinajstić information content (AvgIpc) is 2.56. The lowest BCUT2D eigenvalue weighted by atomic mass is 9.83. The quantitative estimate of drug-likeness (QED) is 0.793. The predicted octanol–water partition coefficient (Wildman–Crippen LogP) is 3.22. The Balaban J connectivity index is 1.85. The summed E-state index contributed by atoms with van der Waals surface area (Å²) in [7, 11) is 0. The minimum absolute atomic E-state index is 0.184. The molecule has 2 heterocycles. The number of nitrogens with two attached hydrogens (primary N) is 1. The Morgan fingerprint density at radius 2 is 1.68 bits per heavy atom. The van der Waals surface area contributed by atoms with Gasteiger partial charge in [0.1, 0.15) is 11.4 Å². The zero-order valence-corrected chi connectivity index (χ0v) is 12.5. The van der Waals surface area contributed by atoms with E-state index in [9.17, 15) is 0 Å². The number of nitrogens with one attached hydrogen (secondary N) is 1. The molecule has 0 unspecified atom stereocenters. The average molecular weight is 292 g/mol. The number of benzene rings is 2. The molecule has 1 fully saturated rings. The first-order valence-corrected chi connectivity index (χ1v) is 7.84. The molecule has 22 heavy (non-hydrogen) atoms. The fourth-order valence-electron chi connectivity index (χ4n) is 3.37. The summed E-state index contributed by atoms with van der Waals surface area (Å²) in [5.41, 5.74) is 10.1. The molecule has 0 atom stereocenters.